The maximum absolute atomic E-state index is 5.57. The molecule has 0 saturated carbocycles. The van der Waals surface area contributed by atoms with Gasteiger partial charge in [0, 0.05) is 18.0 Å². The molecule has 1 unspecified atom stereocenters. The lowest BCUT2D eigenvalue weighted by Gasteiger charge is -2.23. The van der Waals surface area contributed by atoms with Crippen LogP contribution in [0.25, 0.3) is 0 Å². The van der Waals surface area contributed by atoms with Crippen molar-refractivity contribution < 1.29 is 0 Å². The number of nitrogens with zero attached hydrogens (tertiary/aromatic N) is 1. The smallest absolute Gasteiger partial charge is 0.0327 e. The lowest BCUT2D eigenvalue weighted by molar-refractivity contribution is 0.238. The Morgan fingerprint density at radius 1 is 1.53 bits per heavy atom. The highest BCUT2D eigenvalue weighted by Crippen LogP contribution is 2.13. The van der Waals surface area contributed by atoms with Gasteiger partial charge in [0.15, 0.2) is 0 Å². The third-order valence-electron chi connectivity index (χ3n) is 2.64. The summed E-state index contributed by atoms with van der Waals surface area (Å²) in [4.78, 5) is 3.95. The molecular weight excluding hydrogens is 204 g/mol. The van der Waals surface area contributed by atoms with Crippen molar-refractivity contribution in [3.8, 4) is 0 Å². The van der Waals surface area contributed by atoms with Crippen molar-refractivity contribution in [2.45, 2.75) is 26.8 Å². The molecule has 0 bridgehead atoms. The predicted molar refractivity (Wildman–Crippen MR) is 68.1 cm³/mol. The summed E-state index contributed by atoms with van der Waals surface area (Å²) >= 11 is 1.84. The van der Waals surface area contributed by atoms with E-state index < -0.39 is 0 Å². The first-order chi connectivity index (χ1) is 7.26. The van der Waals surface area contributed by atoms with Crippen molar-refractivity contribution in [2.24, 2.45) is 11.7 Å². The normalized spacial score (nSPS) is 13.3. The Morgan fingerprint density at radius 2 is 2.33 bits per heavy atom. The number of nitrogens with two attached hydrogens (primary N) is 1. The molecule has 0 radical (unpaired) electrons. The van der Waals surface area contributed by atoms with Gasteiger partial charge in [0.05, 0.1) is 0 Å². The standard InChI is InChI=1S/C12H22N2S/c1-3-14(9-11(2)6-7-13)10-12-5-4-8-15-12/h4-5,8,11H,3,6-7,9-10,13H2,1-2H3. The van der Waals surface area contributed by atoms with Crippen LogP contribution >= 0.6 is 11.3 Å². The van der Waals surface area contributed by atoms with Crippen molar-refractivity contribution >= 4 is 11.3 Å². The molecule has 0 aliphatic rings. The predicted octanol–water partition coefficient (Wildman–Crippen LogP) is 2.55. The number of hydrogen-bond acceptors (Lipinski definition) is 3. The molecule has 1 aromatic heterocycles. The van der Waals surface area contributed by atoms with Gasteiger partial charge in [-0.2, -0.15) is 0 Å². The summed E-state index contributed by atoms with van der Waals surface area (Å²) < 4.78 is 0. The van der Waals surface area contributed by atoms with Crippen LogP contribution < -0.4 is 5.73 Å². The number of thiophene rings is 1. The zero-order valence-corrected chi connectivity index (χ0v) is 10.6. The van der Waals surface area contributed by atoms with Crippen molar-refractivity contribution in [3.05, 3.63) is 22.4 Å². The van der Waals surface area contributed by atoms with Crippen LogP contribution in [0.4, 0.5) is 0 Å². The SMILES string of the molecule is CCN(Cc1cccs1)CC(C)CCN. The van der Waals surface area contributed by atoms with Crippen LogP contribution in [-0.2, 0) is 6.54 Å². The van der Waals surface area contributed by atoms with E-state index >= 15 is 0 Å². The largest absolute Gasteiger partial charge is 0.330 e. The molecule has 86 valence electrons. The van der Waals surface area contributed by atoms with E-state index in [2.05, 4.69) is 36.3 Å². The fourth-order valence-corrected chi connectivity index (χ4v) is 2.49. The van der Waals surface area contributed by atoms with Gasteiger partial charge in [0.25, 0.3) is 0 Å². The molecule has 0 aliphatic carbocycles. The quantitative estimate of drug-likeness (QED) is 0.774. The Bertz CT molecular complexity index is 246. The van der Waals surface area contributed by atoms with Gasteiger partial charge in [-0.15, -0.1) is 11.3 Å². The van der Waals surface area contributed by atoms with Crippen molar-refractivity contribution in [1.29, 1.82) is 0 Å². The van der Waals surface area contributed by atoms with Gasteiger partial charge in [-0.05, 0) is 36.9 Å². The Labute approximate surface area is 97.1 Å². The van der Waals surface area contributed by atoms with Gasteiger partial charge in [-0.3, -0.25) is 4.90 Å². The molecule has 1 atom stereocenters. The molecule has 2 nitrogen and oxygen atoms in total. The highest BCUT2D eigenvalue weighted by molar-refractivity contribution is 7.09. The molecule has 3 heteroatoms. The molecule has 0 aromatic carbocycles. The lowest BCUT2D eigenvalue weighted by Crippen LogP contribution is -2.28. The van der Waals surface area contributed by atoms with E-state index in [-0.39, 0.29) is 0 Å². The molecular formula is C12H22N2S. The molecule has 1 rings (SSSR count). The van der Waals surface area contributed by atoms with Crippen LogP contribution in [0.5, 0.6) is 0 Å². The minimum atomic E-state index is 0.704. The van der Waals surface area contributed by atoms with Crippen LogP contribution in [0.1, 0.15) is 25.1 Å². The van der Waals surface area contributed by atoms with Crippen LogP contribution in [0.3, 0.4) is 0 Å². The van der Waals surface area contributed by atoms with Crippen molar-refractivity contribution in [3.63, 3.8) is 0 Å². The Balaban J connectivity index is 2.35. The highest BCUT2D eigenvalue weighted by atomic mass is 32.1. The van der Waals surface area contributed by atoms with Crippen molar-refractivity contribution in [1.82, 2.24) is 4.90 Å². The van der Waals surface area contributed by atoms with Crippen LogP contribution in [-0.4, -0.2) is 24.5 Å². The average Bonchev–Trinajstić information content (AvgIpc) is 2.70. The van der Waals surface area contributed by atoms with Gasteiger partial charge in [-0.25, -0.2) is 0 Å². The molecule has 0 amide bonds. The zero-order chi connectivity index (χ0) is 11.1. The van der Waals surface area contributed by atoms with Crippen LogP contribution in [0.15, 0.2) is 17.5 Å². The van der Waals surface area contributed by atoms with E-state index in [1.807, 2.05) is 11.3 Å². The minimum absolute atomic E-state index is 0.704. The fraction of sp³-hybridized carbons (Fsp3) is 0.667. The van der Waals surface area contributed by atoms with Crippen molar-refractivity contribution in [2.75, 3.05) is 19.6 Å². The van der Waals surface area contributed by atoms with Crippen LogP contribution in [0, 0.1) is 5.92 Å². The highest BCUT2D eigenvalue weighted by Gasteiger charge is 2.08. The summed E-state index contributed by atoms with van der Waals surface area (Å²) in [5, 5.41) is 2.15. The van der Waals surface area contributed by atoms with Gasteiger partial charge in [-0.1, -0.05) is 19.9 Å². The van der Waals surface area contributed by atoms with Gasteiger partial charge < -0.3 is 5.73 Å². The molecule has 0 aliphatic heterocycles. The Morgan fingerprint density at radius 3 is 2.87 bits per heavy atom. The van der Waals surface area contributed by atoms with E-state index in [1.54, 1.807) is 0 Å². The summed E-state index contributed by atoms with van der Waals surface area (Å²) in [6, 6.07) is 4.33. The summed E-state index contributed by atoms with van der Waals surface area (Å²) in [5.41, 5.74) is 5.57. The monoisotopic (exact) mass is 226 g/mol. The third-order valence-corrected chi connectivity index (χ3v) is 3.50. The number of hydrogen-bond donors (Lipinski definition) is 1. The Kier molecular flexibility index (Phi) is 5.91. The van der Waals surface area contributed by atoms with E-state index in [0.717, 1.165) is 32.6 Å². The van der Waals surface area contributed by atoms with E-state index in [1.165, 1.54) is 4.88 Å². The fourth-order valence-electron chi connectivity index (χ4n) is 1.74. The molecule has 1 aromatic rings. The van der Waals surface area contributed by atoms with E-state index in [9.17, 15) is 0 Å². The number of rotatable bonds is 7. The van der Waals surface area contributed by atoms with Gasteiger partial charge >= 0.3 is 0 Å². The maximum atomic E-state index is 5.57. The van der Waals surface area contributed by atoms with E-state index in [4.69, 9.17) is 5.73 Å². The molecule has 2 N–H and O–H groups in total. The lowest BCUT2D eigenvalue weighted by atomic mass is 10.1. The first kappa shape index (κ1) is 12.7. The van der Waals surface area contributed by atoms with Gasteiger partial charge in [0.1, 0.15) is 0 Å². The second-order valence-electron chi connectivity index (χ2n) is 4.09. The minimum Gasteiger partial charge on any atom is -0.330 e. The Hall–Kier alpha value is -0.380. The summed E-state index contributed by atoms with van der Waals surface area (Å²) in [6.45, 7) is 8.67. The average molecular weight is 226 g/mol. The maximum Gasteiger partial charge on any atom is 0.0327 e. The van der Waals surface area contributed by atoms with E-state index in [0.29, 0.717) is 5.92 Å². The third kappa shape index (κ3) is 4.78. The summed E-state index contributed by atoms with van der Waals surface area (Å²) in [5.74, 6) is 0.704. The second-order valence-corrected chi connectivity index (χ2v) is 5.12. The first-order valence-electron chi connectivity index (χ1n) is 5.71. The molecule has 1 heterocycles. The van der Waals surface area contributed by atoms with Gasteiger partial charge in [0.2, 0.25) is 0 Å². The molecule has 0 spiro atoms. The first-order valence-corrected chi connectivity index (χ1v) is 6.59. The summed E-state index contributed by atoms with van der Waals surface area (Å²) in [6.07, 6.45) is 1.13. The summed E-state index contributed by atoms with van der Waals surface area (Å²) in [7, 11) is 0. The zero-order valence-electron chi connectivity index (χ0n) is 9.78. The molecule has 0 fully saturated rings. The second kappa shape index (κ2) is 6.99. The molecule has 15 heavy (non-hydrogen) atoms. The molecule has 0 saturated heterocycles. The topological polar surface area (TPSA) is 29.3 Å². The van der Waals surface area contributed by atoms with Crippen LogP contribution in [0.2, 0.25) is 0 Å².